The SMILES string of the molecule is CC(=O)Nc1cccc(Nc2ncnc(N3CCC(Oc4ccc(F)c(F)c4)CC3)n2)c1. The van der Waals surface area contributed by atoms with E-state index < -0.39 is 11.6 Å². The first kappa shape index (κ1) is 21.4. The zero-order valence-electron chi connectivity index (χ0n) is 17.4. The van der Waals surface area contributed by atoms with Gasteiger partial charge in [0.15, 0.2) is 11.6 Å². The van der Waals surface area contributed by atoms with Crippen molar-refractivity contribution in [2.45, 2.75) is 25.9 Å². The Kier molecular flexibility index (Phi) is 6.39. The molecule has 0 atom stereocenters. The van der Waals surface area contributed by atoms with E-state index in [2.05, 4.69) is 25.6 Å². The van der Waals surface area contributed by atoms with E-state index in [0.29, 0.717) is 49.3 Å². The number of piperidine rings is 1. The number of ether oxygens (including phenoxy) is 1. The molecular weight excluding hydrogens is 418 g/mol. The second-order valence-corrected chi connectivity index (χ2v) is 7.38. The van der Waals surface area contributed by atoms with Gasteiger partial charge in [0.2, 0.25) is 17.8 Å². The molecule has 166 valence electrons. The predicted molar refractivity (Wildman–Crippen MR) is 116 cm³/mol. The zero-order valence-corrected chi connectivity index (χ0v) is 17.4. The number of nitrogens with one attached hydrogen (secondary N) is 2. The molecule has 8 nitrogen and oxygen atoms in total. The number of hydrogen-bond acceptors (Lipinski definition) is 7. The molecule has 2 N–H and O–H groups in total. The number of nitrogens with zero attached hydrogens (tertiary/aromatic N) is 4. The Hall–Kier alpha value is -3.82. The summed E-state index contributed by atoms with van der Waals surface area (Å²) in [6.45, 7) is 2.75. The van der Waals surface area contributed by atoms with Crippen LogP contribution in [-0.2, 0) is 4.79 Å². The monoisotopic (exact) mass is 440 g/mol. The maximum absolute atomic E-state index is 13.4. The van der Waals surface area contributed by atoms with Gasteiger partial charge in [-0.15, -0.1) is 0 Å². The van der Waals surface area contributed by atoms with Gasteiger partial charge in [0.25, 0.3) is 0 Å². The molecule has 1 fully saturated rings. The van der Waals surface area contributed by atoms with Gasteiger partial charge in [0.1, 0.15) is 18.2 Å². The van der Waals surface area contributed by atoms with Gasteiger partial charge in [0, 0.05) is 50.3 Å². The highest BCUT2D eigenvalue weighted by Gasteiger charge is 2.23. The highest BCUT2D eigenvalue weighted by atomic mass is 19.2. The Balaban J connectivity index is 1.36. The minimum Gasteiger partial charge on any atom is -0.490 e. The first-order valence-electron chi connectivity index (χ1n) is 10.2. The number of halogens is 2. The lowest BCUT2D eigenvalue weighted by molar-refractivity contribution is -0.114. The van der Waals surface area contributed by atoms with Gasteiger partial charge >= 0.3 is 0 Å². The molecule has 1 saturated heterocycles. The molecule has 0 aliphatic carbocycles. The van der Waals surface area contributed by atoms with Crippen molar-refractivity contribution in [1.29, 1.82) is 0 Å². The Morgan fingerprint density at radius 1 is 1.06 bits per heavy atom. The van der Waals surface area contributed by atoms with Gasteiger partial charge in [-0.2, -0.15) is 4.98 Å². The molecule has 1 aliphatic rings. The first-order valence-corrected chi connectivity index (χ1v) is 10.2. The van der Waals surface area contributed by atoms with E-state index in [4.69, 9.17) is 4.74 Å². The van der Waals surface area contributed by atoms with E-state index in [1.807, 2.05) is 17.0 Å². The van der Waals surface area contributed by atoms with Crippen molar-refractivity contribution in [3.63, 3.8) is 0 Å². The zero-order chi connectivity index (χ0) is 22.5. The van der Waals surface area contributed by atoms with Gasteiger partial charge in [-0.05, 0) is 30.3 Å². The number of hydrogen-bond donors (Lipinski definition) is 2. The van der Waals surface area contributed by atoms with Gasteiger partial charge in [-0.3, -0.25) is 4.79 Å². The van der Waals surface area contributed by atoms with Crippen LogP contribution in [0, 0.1) is 11.6 Å². The van der Waals surface area contributed by atoms with Crippen molar-refractivity contribution in [2.24, 2.45) is 0 Å². The molecule has 0 radical (unpaired) electrons. The number of amides is 1. The third kappa shape index (κ3) is 5.45. The van der Waals surface area contributed by atoms with Gasteiger partial charge in [0.05, 0.1) is 0 Å². The number of carbonyl (C=O) groups is 1. The Bertz CT molecular complexity index is 1110. The highest BCUT2D eigenvalue weighted by molar-refractivity contribution is 5.89. The summed E-state index contributed by atoms with van der Waals surface area (Å²) in [5, 5.41) is 5.85. The third-order valence-corrected chi connectivity index (χ3v) is 4.92. The van der Waals surface area contributed by atoms with E-state index >= 15 is 0 Å². The Morgan fingerprint density at radius 3 is 2.59 bits per heavy atom. The van der Waals surface area contributed by atoms with Crippen LogP contribution in [-0.4, -0.2) is 40.1 Å². The largest absolute Gasteiger partial charge is 0.490 e. The molecule has 2 heterocycles. The average molecular weight is 440 g/mol. The summed E-state index contributed by atoms with van der Waals surface area (Å²) in [6.07, 6.45) is 2.71. The summed E-state index contributed by atoms with van der Waals surface area (Å²) in [5.74, 6) is -0.736. The molecular formula is C22H22F2N6O2. The quantitative estimate of drug-likeness (QED) is 0.601. The molecule has 0 bridgehead atoms. The maximum atomic E-state index is 13.4. The second-order valence-electron chi connectivity index (χ2n) is 7.38. The summed E-state index contributed by atoms with van der Waals surface area (Å²) in [5.41, 5.74) is 1.40. The molecule has 1 amide bonds. The molecule has 3 aromatic rings. The number of rotatable bonds is 6. The van der Waals surface area contributed by atoms with Crippen molar-refractivity contribution in [1.82, 2.24) is 15.0 Å². The smallest absolute Gasteiger partial charge is 0.231 e. The van der Waals surface area contributed by atoms with Crippen LogP contribution in [0.15, 0.2) is 48.8 Å². The fraction of sp³-hybridized carbons (Fsp3) is 0.273. The first-order chi connectivity index (χ1) is 15.5. The van der Waals surface area contributed by atoms with E-state index in [1.165, 1.54) is 19.3 Å². The number of benzene rings is 2. The Morgan fingerprint density at radius 2 is 1.84 bits per heavy atom. The fourth-order valence-electron chi connectivity index (χ4n) is 3.42. The van der Waals surface area contributed by atoms with Crippen LogP contribution in [0.25, 0.3) is 0 Å². The molecule has 0 spiro atoms. The third-order valence-electron chi connectivity index (χ3n) is 4.92. The van der Waals surface area contributed by atoms with E-state index in [-0.39, 0.29) is 12.0 Å². The van der Waals surface area contributed by atoms with Crippen LogP contribution in [0.2, 0.25) is 0 Å². The molecule has 2 aromatic carbocycles. The summed E-state index contributed by atoms with van der Waals surface area (Å²) in [7, 11) is 0. The summed E-state index contributed by atoms with van der Waals surface area (Å²) < 4.78 is 32.2. The average Bonchev–Trinajstić information content (AvgIpc) is 2.77. The van der Waals surface area contributed by atoms with E-state index in [9.17, 15) is 13.6 Å². The molecule has 32 heavy (non-hydrogen) atoms. The van der Waals surface area contributed by atoms with Crippen LogP contribution in [0.3, 0.4) is 0 Å². The van der Waals surface area contributed by atoms with E-state index in [0.717, 1.165) is 17.8 Å². The van der Waals surface area contributed by atoms with Crippen molar-refractivity contribution < 1.29 is 18.3 Å². The van der Waals surface area contributed by atoms with Gasteiger partial charge < -0.3 is 20.3 Å². The van der Waals surface area contributed by atoms with Crippen LogP contribution in [0.1, 0.15) is 19.8 Å². The number of aromatic nitrogens is 3. The van der Waals surface area contributed by atoms with Gasteiger partial charge in [-0.25, -0.2) is 18.7 Å². The minimum absolute atomic E-state index is 0.105. The maximum Gasteiger partial charge on any atom is 0.231 e. The van der Waals surface area contributed by atoms with Crippen molar-refractivity contribution in [3.05, 3.63) is 60.4 Å². The summed E-state index contributed by atoms with van der Waals surface area (Å²) >= 11 is 0. The molecule has 0 unspecified atom stereocenters. The molecule has 0 saturated carbocycles. The normalized spacial score (nSPS) is 14.2. The van der Waals surface area contributed by atoms with Gasteiger partial charge in [-0.1, -0.05) is 6.07 Å². The van der Waals surface area contributed by atoms with Crippen LogP contribution >= 0.6 is 0 Å². The molecule has 10 heteroatoms. The lowest BCUT2D eigenvalue weighted by atomic mass is 10.1. The van der Waals surface area contributed by atoms with Crippen LogP contribution in [0.4, 0.5) is 32.1 Å². The fourth-order valence-corrected chi connectivity index (χ4v) is 3.42. The Labute approximate surface area is 183 Å². The highest BCUT2D eigenvalue weighted by Crippen LogP contribution is 2.24. The molecule has 1 aromatic heterocycles. The van der Waals surface area contributed by atoms with E-state index in [1.54, 1.807) is 12.1 Å². The van der Waals surface area contributed by atoms with Crippen LogP contribution in [0.5, 0.6) is 5.75 Å². The lowest BCUT2D eigenvalue weighted by Crippen LogP contribution is -2.39. The van der Waals surface area contributed by atoms with Crippen LogP contribution < -0.4 is 20.3 Å². The van der Waals surface area contributed by atoms with Crippen molar-refractivity contribution >= 4 is 29.2 Å². The standard InChI is InChI=1S/C22H22F2N6O2/c1-14(31)27-15-3-2-4-16(11-15)28-21-25-13-26-22(29-21)30-9-7-17(8-10-30)32-18-5-6-19(23)20(24)12-18/h2-6,11-13,17H,7-10H2,1H3,(H,27,31)(H,25,26,28,29). The van der Waals surface area contributed by atoms with Crippen molar-refractivity contribution in [2.75, 3.05) is 28.6 Å². The predicted octanol–water partition coefficient (Wildman–Crippen LogP) is 3.90. The number of anilines is 4. The molecule has 4 rings (SSSR count). The minimum atomic E-state index is -0.923. The number of carbonyl (C=O) groups excluding carboxylic acids is 1. The topological polar surface area (TPSA) is 92.3 Å². The lowest BCUT2D eigenvalue weighted by Gasteiger charge is -2.32. The van der Waals surface area contributed by atoms with Crippen molar-refractivity contribution in [3.8, 4) is 5.75 Å². The molecule has 1 aliphatic heterocycles. The summed E-state index contributed by atoms with van der Waals surface area (Å²) in [6, 6.07) is 10.8. The second kappa shape index (κ2) is 9.54. The summed E-state index contributed by atoms with van der Waals surface area (Å²) in [4.78, 5) is 26.2.